The van der Waals surface area contributed by atoms with Gasteiger partial charge in [-0.1, -0.05) is 18.2 Å². The van der Waals surface area contributed by atoms with Crippen LogP contribution in [0.1, 0.15) is 20.8 Å². The van der Waals surface area contributed by atoms with E-state index in [-0.39, 0.29) is 4.75 Å². The summed E-state index contributed by atoms with van der Waals surface area (Å²) in [7, 11) is 2.85. The predicted octanol–water partition coefficient (Wildman–Crippen LogP) is 2.12. The second kappa shape index (κ2) is 9.55. The number of likely N-dealkylation sites (N-methyl/N-ethyl adjacent to an activating group) is 1. The summed E-state index contributed by atoms with van der Waals surface area (Å²) in [6, 6.07) is 9.75. The molecule has 0 aliphatic heterocycles. The Labute approximate surface area is 142 Å². The SMILES string of the molecule is CN=C(NCCS(=O)C(C)(C)C)N(C)CCOc1ccccc1. The average molecular weight is 340 g/mol. The Morgan fingerprint density at radius 3 is 2.52 bits per heavy atom. The molecule has 1 atom stereocenters. The van der Waals surface area contributed by atoms with Crippen LogP contribution in [0, 0.1) is 0 Å². The normalized spacial score (nSPS) is 13.5. The van der Waals surface area contributed by atoms with Crippen LogP contribution >= 0.6 is 0 Å². The molecule has 0 radical (unpaired) electrons. The van der Waals surface area contributed by atoms with Crippen molar-refractivity contribution in [2.45, 2.75) is 25.5 Å². The molecule has 0 fully saturated rings. The van der Waals surface area contributed by atoms with Gasteiger partial charge in [0.2, 0.25) is 0 Å². The zero-order valence-corrected chi connectivity index (χ0v) is 15.7. The van der Waals surface area contributed by atoms with Crippen LogP contribution in [0.4, 0.5) is 0 Å². The highest BCUT2D eigenvalue weighted by Crippen LogP contribution is 2.10. The van der Waals surface area contributed by atoms with Crippen LogP contribution in [0.25, 0.3) is 0 Å². The van der Waals surface area contributed by atoms with Gasteiger partial charge in [0.1, 0.15) is 12.4 Å². The van der Waals surface area contributed by atoms with Gasteiger partial charge in [-0.15, -0.1) is 0 Å². The number of benzene rings is 1. The van der Waals surface area contributed by atoms with Crippen molar-refractivity contribution in [3.8, 4) is 5.75 Å². The number of hydrogen-bond acceptors (Lipinski definition) is 3. The maximum absolute atomic E-state index is 12.0. The molecule has 1 aromatic rings. The van der Waals surface area contributed by atoms with Crippen LogP contribution in [0.5, 0.6) is 5.75 Å². The molecule has 0 bridgehead atoms. The number of para-hydroxylation sites is 1. The number of aliphatic imine (C=N–C) groups is 1. The van der Waals surface area contributed by atoms with Crippen molar-refractivity contribution >= 4 is 16.8 Å². The first-order valence-electron chi connectivity index (χ1n) is 7.82. The molecule has 130 valence electrons. The molecule has 6 heteroatoms. The zero-order valence-electron chi connectivity index (χ0n) is 14.8. The third-order valence-electron chi connectivity index (χ3n) is 3.27. The zero-order chi connectivity index (χ0) is 17.3. The lowest BCUT2D eigenvalue weighted by Crippen LogP contribution is -2.43. The van der Waals surface area contributed by atoms with Crippen molar-refractivity contribution in [3.05, 3.63) is 30.3 Å². The first-order chi connectivity index (χ1) is 10.8. The maximum atomic E-state index is 12.0. The number of hydrogen-bond donors (Lipinski definition) is 1. The van der Waals surface area contributed by atoms with Crippen LogP contribution in [0.3, 0.4) is 0 Å². The highest BCUT2D eigenvalue weighted by molar-refractivity contribution is 7.86. The second-order valence-electron chi connectivity index (χ2n) is 6.22. The minimum Gasteiger partial charge on any atom is -0.492 e. The van der Waals surface area contributed by atoms with E-state index < -0.39 is 10.8 Å². The summed E-state index contributed by atoms with van der Waals surface area (Å²) in [5, 5.41) is 3.25. The molecule has 0 aliphatic carbocycles. The van der Waals surface area contributed by atoms with Gasteiger partial charge in [-0.05, 0) is 32.9 Å². The molecule has 1 rings (SSSR count). The molecule has 0 aromatic heterocycles. The average Bonchev–Trinajstić information content (AvgIpc) is 2.51. The highest BCUT2D eigenvalue weighted by atomic mass is 32.2. The van der Waals surface area contributed by atoms with Gasteiger partial charge in [0, 0.05) is 41.9 Å². The van der Waals surface area contributed by atoms with E-state index >= 15 is 0 Å². The molecule has 5 nitrogen and oxygen atoms in total. The van der Waals surface area contributed by atoms with Crippen molar-refractivity contribution < 1.29 is 8.95 Å². The van der Waals surface area contributed by atoms with Crippen molar-refractivity contribution in [3.63, 3.8) is 0 Å². The van der Waals surface area contributed by atoms with Crippen molar-refractivity contribution in [2.75, 3.05) is 39.5 Å². The number of ether oxygens (including phenoxy) is 1. The van der Waals surface area contributed by atoms with E-state index in [4.69, 9.17) is 4.74 Å². The van der Waals surface area contributed by atoms with Gasteiger partial charge in [0.15, 0.2) is 5.96 Å². The monoisotopic (exact) mass is 339 g/mol. The molecule has 0 heterocycles. The Morgan fingerprint density at radius 2 is 1.96 bits per heavy atom. The molecule has 23 heavy (non-hydrogen) atoms. The van der Waals surface area contributed by atoms with Gasteiger partial charge in [-0.25, -0.2) is 0 Å². The van der Waals surface area contributed by atoms with Crippen molar-refractivity contribution in [2.24, 2.45) is 4.99 Å². The lowest BCUT2D eigenvalue weighted by atomic mass is 10.3. The Hall–Kier alpha value is -1.56. The van der Waals surface area contributed by atoms with E-state index in [1.54, 1.807) is 7.05 Å². The fourth-order valence-electron chi connectivity index (χ4n) is 1.87. The Balaban J connectivity index is 2.32. The fourth-order valence-corrected chi connectivity index (χ4v) is 2.77. The van der Waals surface area contributed by atoms with Gasteiger partial charge in [-0.3, -0.25) is 9.20 Å². The lowest BCUT2D eigenvalue weighted by Gasteiger charge is -2.23. The summed E-state index contributed by atoms with van der Waals surface area (Å²) in [6.45, 7) is 7.91. The smallest absolute Gasteiger partial charge is 0.193 e. The van der Waals surface area contributed by atoms with E-state index in [1.165, 1.54) is 0 Å². The van der Waals surface area contributed by atoms with Crippen molar-refractivity contribution in [1.29, 1.82) is 0 Å². The molecule has 0 spiro atoms. The molecule has 1 unspecified atom stereocenters. The van der Waals surface area contributed by atoms with E-state index in [2.05, 4.69) is 10.3 Å². The quantitative estimate of drug-likeness (QED) is 0.611. The van der Waals surface area contributed by atoms with Crippen LogP contribution in [-0.2, 0) is 10.8 Å². The van der Waals surface area contributed by atoms with Crippen molar-refractivity contribution in [1.82, 2.24) is 10.2 Å². The summed E-state index contributed by atoms with van der Waals surface area (Å²) >= 11 is 0. The third-order valence-corrected chi connectivity index (χ3v) is 5.21. The van der Waals surface area contributed by atoms with Crippen LogP contribution in [0.2, 0.25) is 0 Å². The maximum Gasteiger partial charge on any atom is 0.193 e. The molecular weight excluding hydrogens is 310 g/mol. The van der Waals surface area contributed by atoms with Gasteiger partial charge < -0.3 is 15.0 Å². The van der Waals surface area contributed by atoms with Gasteiger partial charge >= 0.3 is 0 Å². The summed E-state index contributed by atoms with van der Waals surface area (Å²) in [5.41, 5.74) is 0. The summed E-state index contributed by atoms with van der Waals surface area (Å²) in [6.07, 6.45) is 0. The number of rotatable bonds is 7. The summed E-state index contributed by atoms with van der Waals surface area (Å²) in [5.74, 6) is 2.26. The molecule has 1 N–H and O–H groups in total. The van der Waals surface area contributed by atoms with E-state index in [0.717, 1.165) is 18.3 Å². The van der Waals surface area contributed by atoms with Crippen LogP contribution in [-0.4, -0.2) is 59.4 Å². The highest BCUT2D eigenvalue weighted by Gasteiger charge is 2.18. The van der Waals surface area contributed by atoms with E-state index in [0.29, 0.717) is 18.9 Å². The molecule has 0 aliphatic rings. The standard InChI is InChI=1S/C17H29N3O2S/c1-17(2,3)23(21)14-11-19-16(18-4)20(5)12-13-22-15-9-7-6-8-10-15/h6-10H,11-14H2,1-5H3,(H,18,19). The first-order valence-corrected chi connectivity index (χ1v) is 9.14. The molecule has 1 aromatic carbocycles. The Kier molecular flexibility index (Phi) is 8.09. The molecule has 0 amide bonds. The fraction of sp³-hybridized carbons (Fsp3) is 0.588. The first kappa shape index (κ1) is 19.5. The van der Waals surface area contributed by atoms with Gasteiger partial charge in [0.05, 0.1) is 6.54 Å². The number of nitrogens with one attached hydrogen (secondary N) is 1. The molecule has 0 saturated heterocycles. The molecular formula is C17H29N3O2S. The van der Waals surface area contributed by atoms with Crippen LogP contribution in [0.15, 0.2) is 35.3 Å². The third kappa shape index (κ3) is 7.50. The minimum absolute atomic E-state index is 0.180. The lowest BCUT2D eigenvalue weighted by molar-refractivity contribution is 0.281. The van der Waals surface area contributed by atoms with Gasteiger partial charge in [-0.2, -0.15) is 0 Å². The summed E-state index contributed by atoms with van der Waals surface area (Å²) < 4.78 is 17.5. The number of guanidine groups is 1. The second-order valence-corrected chi connectivity index (χ2v) is 8.54. The Morgan fingerprint density at radius 1 is 1.30 bits per heavy atom. The summed E-state index contributed by atoms with van der Waals surface area (Å²) in [4.78, 5) is 6.25. The predicted molar refractivity (Wildman–Crippen MR) is 98.7 cm³/mol. The number of nitrogens with zero attached hydrogens (tertiary/aromatic N) is 2. The largest absolute Gasteiger partial charge is 0.492 e. The minimum atomic E-state index is -0.860. The Bertz CT molecular complexity index is 512. The van der Waals surface area contributed by atoms with Gasteiger partial charge in [0.25, 0.3) is 0 Å². The van der Waals surface area contributed by atoms with E-state index in [1.807, 2.05) is 63.1 Å². The molecule has 0 saturated carbocycles. The van der Waals surface area contributed by atoms with E-state index in [9.17, 15) is 4.21 Å². The van der Waals surface area contributed by atoms with Crippen LogP contribution < -0.4 is 10.1 Å². The topological polar surface area (TPSA) is 53.9 Å².